The van der Waals surface area contributed by atoms with Crippen LogP contribution in [-0.4, -0.2) is 44.7 Å². The maximum absolute atomic E-state index is 10.5. The molecule has 0 aromatic carbocycles. The van der Waals surface area contributed by atoms with E-state index in [4.69, 9.17) is 5.11 Å². The van der Waals surface area contributed by atoms with Crippen molar-refractivity contribution in [3.8, 4) is 11.8 Å². The van der Waals surface area contributed by atoms with E-state index in [-0.39, 0.29) is 18.3 Å². The first-order valence-corrected chi connectivity index (χ1v) is 10.9. The Morgan fingerprint density at radius 1 is 1.11 bits per heavy atom. The number of aliphatic hydroxyl groups excluding tert-OH is 3. The van der Waals surface area contributed by atoms with Crippen molar-refractivity contribution in [1.29, 1.82) is 0 Å². The fourth-order valence-electron chi connectivity index (χ4n) is 4.48. The predicted molar refractivity (Wildman–Crippen MR) is 108 cm³/mol. The molecule has 5 atom stereocenters. The van der Waals surface area contributed by atoms with Crippen molar-refractivity contribution in [2.45, 2.75) is 95.4 Å². The number of allylic oxidation sites excluding steroid dienone is 2. The summed E-state index contributed by atoms with van der Waals surface area (Å²) in [5.74, 6) is 5.40. The minimum atomic E-state index is -0.792. The van der Waals surface area contributed by atoms with Crippen LogP contribution in [0.3, 0.4) is 0 Å². The second-order valence-corrected chi connectivity index (χ2v) is 8.44. The number of aliphatic hydroxyl groups is 3. The molecule has 158 valence electrons. The Hall–Kier alpha value is -1.35. The molecule has 2 aliphatic carbocycles. The smallest absolute Gasteiger partial charge is 0.303 e. The summed E-state index contributed by atoms with van der Waals surface area (Å²) in [5, 5.41) is 39.3. The molecule has 0 heterocycles. The summed E-state index contributed by atoms with van der Waals surface area (Å²) in [7, 11) is 0. The maximum atomic E-state index is 10.5. The highest BCUT2D eigenvalue weighted by Crippen LogP contribution is 2.35. The molecule has 2 saturated carbocycles. The van der Waals surface area contributed by atoms with Gasteiger partial charge in [-0.3, -0.25) is 4.79 Å². The van der Waals surface area contributed by atoms with Gasteiger partial charge in [-0.15, -0.1) is 0 Å². The molecule has 2 fully saturated rings. The molecule has 0 radical (unpaired) electrons. The fourth-order valence-corrected chi connectivity index (χ4v) is 4.48. The molecular weight excluding hydrogens is 356 g/mol. The van der Waals surface area contributed by atoms with Crippen LogP contribution in [0.2, 0.25) is 0 Å². The molecule has 5 heteroatoms. The molecule has 0 spiro atoms. The molecule has 0 aliphatic heterocycles. The quantitative estimate of drug-likeness (QED) is 0.274. The van der Waals surface area contributed by atoms with Crippen molar-refractivity contribution in [2.24, 2.45) is 17.8 Å². The number of hydrogen-bond donors (Lipinski definition) is 4. The van der Waals surface area contributed by atoms with Gasteiger partial charge in [0.25, 0.3) is 0 Å². The molecule has 0 bridgehead atoms. The van der Waals surface area contributed by atoms with E-state index in [1.54, 1.807) is 0 Å². The Bertz CT molecular complexity index is 555. The van der Waals surface area contributed by atoms with Crippen LogP contribution in [0.25, 0.3) is 0 Å². The van der Waals surface area contributed by atoms with Gasteiger partial charge in [-0.25, -0.2) is 0 Å². The average Bonchev–Trinajstić information content (AvgIpc) is 2.94. The van der Waals surface area contributed by atoms with Crippen molar-refractivity contribution in [2.75, 3.05) is 0 Å². The summed E-state index contributed by atoms with van der Waals surface area (Å²) >= 11 is 0. The standard InChI is InChI=1S/C23H36O5/c24-18(13-12-17-8-4-3-5-9-17)14-15-20-19(21(25)16-22(20)26)10-6-1-2-7-11-23(27)28/h1,6,17-22,24-26H,2-5,7-13,16H2,(H,27,28)/t18-,19+,20?,21-,22+/m0/s1. The molecule has 0 saturated heterocycles. The van der Waals surface area contributed by atoms with E-state index in [2.05, 4.69) is 11.8 Å². The zero-order valence-electron chi connectivity index (χ0n) is 16.8. The lowest BCUT2D eigenvalue weighted by atomic mass is 9.85. The third-order valence-electron chi connectivity index (χ3n) is 6.18. The zero-order valence-corrected chi connectivity index (χ0v) is 16.8. The van der Waals surface area contributed by atoms with Crippen molar-refractivity contribution in [3.05, 3.63) is 12.2 Å². The van der Waals surface area contributed by atoms with Crippen LogP contribution >= 0.6 is 0 Å². The van der Waals surface area contributed by atoms with Gasteiger partial charge < -0.3 is 20.4 Å². The Morgan fingerprint density at radius 2 is 1.86 bits per heavy atom. The van der Waals surface area contributed by atoms with Gasteiger partial charge in [0.1, 0.15) is 6.10 Å². The van der Waals surface area contributed by atoms with Crippen molar-refractivity contribution in [1.82, 2.24) is 0 Å². The highest BCUT2D eigenvalue weighted by atomic mass is 16.4. The van der Waals surface area contributed by atoms with Crippen LogP contribution in [-0.2, 0) is 4.79 Å². The number of hydrogen-bond acceptors (Lipinski definition) is 4. The van der Waals surface area contributed by atoms with Crippen molar-refractivity contribution >= 4 is 5.97 Å². The van der Waals surface area contributed by atoms with E-state index < -0.39 is 24.3 Å². The average molecular weight is 393 g/mol. The van der Waals surface area contributed by atoms with Gasteiger partial charge in [0, 0.05) is 18.8 Å². The highest BCUT2D eigenvalue weighted by Gasteiger charge is 2.40. The number of unbranched alkanes of at least 4 members (excludes halogenated alkanes) is 1. The normalized spacial score (nSPS) is 29.5. The van der Waals surface area contributed by atoms with Gasteiger partial charge in [-0.2, -0.15) is 0 Å². The third kappa shape index (κ3) is 7.95. The van der Waals surface area contributed by atoms with Crippen molar-refractivity contribution < 1.29 is 25.2 Å². The van der Waals surface area contributed by atoms with Crippen LogP contribution in [0.5, 0.6) is 0 Å². The number of rotatable bonds is 9. The molecule has 1 unspecified atom stereocenters. The lowest BCUT2D eigenvalue weighted by Crippen LogP contribution is -2.21. The van der Waals surface area contributed by atoms with E-state index in [9.17, 15) is 20.1 Å². The molecule has 0 amide bonds. The van der Waals surface area contributed by atoms with E-state index in [0.29, 0.717) is 38.0 Å². The van der Waals surface area contributed by atoms with Gasteiger partial charge in [-0.05, 0) is 38.0 Å². The van der Waals surface area contributed by atoms with E-state index in [0.717, 1.165) is 6.42 Å². The summed E-state index contributed by atoms with van der Waals surface area (Å²) in [5.41, 5.74) is 0. The molecule has 5 nitrogen and oxygen atoms in total. The first-order chi connectivity index (χ1) is 13.5. The molecule has 2 aliphatic rings. The van der Waals surface area contributed by atoms with Crippen LogP contribution in [0.1, 0.15) is 77.0 Å². The third-order valence-corrected chi connectivity index (χ3v) is 6.18. The van der Waals surface area contributed by atoms with Crippen LogP contribution in [0, 0.1) is 29.6 Å². The summed E-state index contributed by atoms with van der Waals surface area (Å²) in [6.45, 7) is 0. The number of carboxylic acid groups (broad SMARTS) is 1. The van der Waals surface area contributed by atoms with Gasteiger partial charge in [-0.1, -0.05) is 56.1 Å². The maximum Gasteiger partial charge on any atom is 0.303 e. The topological polar surface area (TPSA) is 98.0 Å². The second kappa shape index (κ2) is 12.3. The Kier molecular flexibility index (Phi) is 10.0. The zero-order chi connectivity index (χ0) is 20.4. The number of aliphatic carboxylic acids is 1. The Morgan fingerprint density at radius 3 is 2.57 bits per heavy atom. The minimum Gasteiger partial charge on any atom is -0.481 e. The second-order valence-electron chi connectivity index (χ2n) is 8.44. The first-order valence-electron chi connectivity index (χ1n) is 10.9. The fraction of sp³-hybridized carbons (Fsp3) is 0.783. The summed E-state index contributed by atoms with van der Waals surface area (Å²) in [4.78, 5) is 10.5. The summed E-state index contributed by atoms with van der Waals surface area (Å²) in [6, 6.07) is 0. The largest absolute Gasteiger partial charge is 0.481 e. The summed E-state index contributed by atoms with van der Waals surface area (Å²) < 4.78 is 0. The molecule has 2 rings (SSSR count). The van der Waals surface area contributed by atoms with Gasteiger partial charge in [0.15, 0.2) is 0 Å². The Labute approximate surface area is 168 Å². The van der Waals surface area contributed by atoms with Crippen LogP contribution in [0.15, 0.2) is 12.2 Å². The first kappa shape index (κ1) is 22.9. The Balaban J connectivity index is 1.79. The minimum absolute atomic E-state index is 0.149. The van der Waals surface area contributed by atoms with Gasteiger partial charge in [0.2, 0.25) is 0 Å². The number of carbonyl (C=O) groups is 1. The summed E-state index contributed by atoms with van der Waals surface area (Å²) in [6.07, 6.45) is 12.4. The van der Waals surface area contributed by atoms with Crippen LogP contribution in [0.4, 0.5) is 0 Å². The molecular formula is C23H36O5. The van der Waals surface area contributed by atoms with Gasteiger partial charge >= 0.3 is 5.97 Å². The molecule has 28 heavy (non-hydrogen) atoms. The SMILES string of the molecule is O=C(O)CCCC=CC[C@@H]1C(C#C[C@@H](O)CCC2CCCCC2)[C@H](O)C[C@@H]1O. The lowest BCUT2D eigenvalue weighted by molar-refractivity contribution is -0.137. The number of carboxylic acids is 1. The molecule has 0 aromatic heterocycles. The lowest BCUT2D eigenvalue weighted by Gasteiger charge is -2.21. The van der Waals surface area contributed by atoms with Gasteiger partial charge in [0.05, 0.1) is 18.1 Å². The predicted octanol–water partition coefficient (Wildman–Crippen LogP) is 3.27. The van der Waals surface area contributed by atoms with E-state index in [1.165, 1.54) is 32.1 Å². The molecule has 0 aromatic rings. The van der Waals surface area contributed by atoms with E-state index in [1.807, 2.05) is 12.2 Å². The van der Waals surface area contributed by atoms with Crippen LogP contribution < -0.4 is 0 Å². The molecule has 4 N–H and O–H groups in total. The monoisotopic (exact) mass is 392 g/mol. The van der Waals surface area contributed by atoms with E-state index >= 15 is 0 Å². The highest BCUT2D eigenvalue weighted by molar-refractivity contribution is 5.66. The van der Waals surface area contributed by atoms with Crippen molar-refractivity contribution in [3.63, 3.8) is 0 Å².